The van der Waals surface area contributed by atoms with E-state index < -0.39 is 0 Å². The molecule has 0 radical (unpaired) electrons. The minimum Gasteiger partial charge on any atom is -0.506 e. The molecule has 0 spiro atoms. The summed E-state index contributed by atoms with van der Waals surface area (Å²) < 4.78 is 5.86. The lowest BCUT2D eigenvalue weighted by atomic mass is 10.2. The van der Waals surface area contributed by atoms with Gasteiger partial charge in [-0.1, -0.05) is 30.3 Å². The molecule has 0 aliphatic carbocycles. The van der Waals surface area contributed by atoms with Gasteiger partial charge in [-0.25, -0.2) is 0 Å². The zero-order valence-corrected chi connectivity index (χ0v) is 12.3. The number of rotatable bonds is 4. The molecule has 0 atom stereocenters. The fourth-order valence-corrected chi connectivity index (χ4v) is 2.14. The van der Waals surface area contributed by atoms with Crippen LogP contribution in [0.25, 0.3) is 0 Å². The number of para-hydroxylation sites is 3. The van der Waals surface area contributed by atoms with Gasteiger partial charge in [0, 0.05) is 5.69 Å². The maximum Gasteiger partial charge on any atom is 0.139 e. The lowest BCUT2D eigenvalue weighted by molar-refractivity contribution is 0.477. The normalized spacial score (nSPS) is 10.2. The van der Waals surface area contributed by atoms with Crippen LogP contribution in [0.4, 0.5) is 11.4 Å². The molecule has 0 unspecified atom stereocenters. The molecule has 0 amide bonds. The second kappa shape index (κ2) is 6.22. The SMILES string of the molecule is Cc1ccccc1Oc1ccc(Nc2ccccc2O)cc1. The molecular formula is C19H17NO2. The molecule has 0 saturated heterocycles. The first-order valence-electron chi connectivity index (χ1n) is 7.11. The number of aromatic hydroxyl groups is 1. The summed E-state index contributed by atoms with van der Waals surface area (Å²) in [6.45, 7) is 2.02. The predicted octanol–water partition coefficient (Wildman–Crippen LogP) is 5.24. The highest BCUT2D eigenvalue weighted by molar-refractivity contribution is 5.66. The zero-order valence-electron chi connectivity index (χ0n) is 12.3. The van der Waals surface area contributed by atoms with Crippen LogP contribution in [0.2, 0.25) is 0 Å². The van der Waals surface area contributed by atoms with E-state index in [4.69, 9.17) is 4.74 Å². The smallest absolute Gasteiger partial charge is 0.139 e. The number of phenols is 1. The highest BCUT2D eigenvalue weighted by Gasteiger charge is 2.02. The number of aryl methyl sites for hydroxylation is 1. The molecule has 0 fully saturated rings. The molecule has 0 heterocycles. The van der Waals surface area contributed by atoms with Crippen LogP contribution < -0.4 is 10.1 Å². The van der Waals surface area contributed by atoms with Crippen molar-refractivity contribution in [2.75, 3.05) is 5.32 Å². The summed E-state index contributed by atoms with van der Waals surface area (Å²) >= 11 is 0. The van der Waals surface area contributed by atoms with Gasteiger partial charge < -0.3 is 15.2 Å². The van der Waals surface area contributed by atoms with Crippen molar-refractivity contribution in [3.63, 3.8) is 0 Å². The second-order valence-electron chi connectivity index (χ2n) is 5.03. The van der Waals surface area contributed by atoms with Crippen molar-refractivity contribution in [3.8, 4) is 17.2 Å². The molecule has 0 aliphatic heterocycles. The van der Waals surface area contributed by atoms with Crippen molar-refractivity contribution in [2.24, 2.45) is 0 Å². The van der Waals surface area contributed by atoms with Gasteiger partial charge in [0.1, 0.15) is 17.2 Å². The molecule has 3 aromatic rings. The molecule has 0 saturated carbocycles. The van der Waals surface area contributed by atoms with Gasteiger partial charge in [0.05, 0.1) is 5.69 Å². The van der Waals surface area contributed by atoms with Crippen molar-refractivity contribution in [1.82, 2.24) is 0 Å². The van der Waals surface area contributed by atoms with Gasteiger partial charge in [-0.15, -0.1) is 0 Å². The number of hydrogen-bond donors (Lipinski definition) is 2. The number of nitrogens with one attached hydrogen (secondary N) is 1. The predicted molar refractivity (Wildman–Crippen MR) is 89.1 cm³/mol. The summed E-state index contributed by atoms with van der Waals surface area (Å²) in [5, 5.41) is 12.9. The highest BCUT2D eigenvalue weighted by Crippen LogP contribution is 2.29. The van der Waals surface area contributed by atoms with Crippen LogP contribution in [-0.2, 0) is 0 Å². The molecule has 3 rings (SSSR count). The number of ether oxygens (including phenoxy) is 1. The number of benzene rings is 3. The Morgan fingerprint density at radius 2 is 1.50 bits per heavy atom. The largest absolute Gasteiger partial charge is 0.506 e. The Hall–Kier alpha value is -2.94. The lowest BCUT2D eigenvalue weighted by Crippen LogP contribution is -1.91. The first-order valence-corrected chi connectivity index (χ1v) is 7.11. The van der Waals surface area contributed by atoms with Gasteiger partial charge in [0.25, 0.3) is 0 Å². The maximum absolute atomic E-state index is 9.76. The van der Waals surface area contributed by atoms with Crippen LogP contribution in [0.15, 0.2) is 72.8 Å². The summed E-state index contributed by atoms with van der Waals surface area (Å²) in [6, 6.07) is 22.7. The Balaban J connectivity index is 1.73. The minimum atomic E-state index is 0.225. The van der Waals surface area contributed by atoms with Crippen LogP contribution >= 0.6 is 0 Å². The van der Waals surface area contributed by atoms with Gasteiger partial charge in [-0.05, 0) is 55.0 Å². The molecule has 3 aromatic carbocycles. The third-order valence-electron chi connectivity index (χ3n) is 3.36. The van der Waals surface area contributed by atoms with Gasteiger partial charge in [0.15, 0.2) is 0 Å². The van der Waals surface area contributed by atoms with E-state index in [1.165, 1.54) is 0 Å². The average Bonchev–Trinajstić information content (AvgIpc) is 2.54. The standard InChI is InChI=1S/C19H17NO2/c1-14-6-2-5-9-19(14)22-16-12-10-15(11-13-16)20-17-7-3-4-8-18(17)21/h2-13,20-21H,1H3. The second-order valence-corrected chi connectivity index (χ2v) is 5.03. The first-order chi connectivity index (χ1) is 10.7. The fraction of sp³-hybridized carbons (Fsp3) is 0.0526. The summed E-state index contributed by atoms with van der Waals surface area (Å²) in [6.07, 6.45) is 0. The van der Waals surface area contributed by atoms with Crippen LogP contribution in [0, 0.1) is 6.92 Å². The zero-order chi connectivity index (χ0) is 15.4. The molecular weight excluding hydrogens is 274 g/mol. The Bertz CT molecular complexity index is 700. The van der Waals surface area contributed by atoms with Crippen molar-refractivity contribution in [2.45, 2.75) is 6.92 Å². The van der Waals surface area contributed by atoms with E-state index in [1.54, 1.807) is 12.1 Å². The van der Waals surface area contributed by atoms with Gasteiger partial charge in [0.2, 0.25) is 0 Å². The number of anilines is 2. The molecule has 0 aliphatic rings. The fourth-order valence-electron chi connectivity index (χ4n) is 2.14. The Labute approximate surface area is 129 Å². The summed E-state index contributed by atoms with van der Waals surface area (Å²) in [5.41, 5.74) is 2.66. The van der Waals surface area contributed by atoms with E-state index in [9.17, 15) is 5.11 Å². The molecule has 22 heavy (non-hydrogen) atoms. The van der Waals surface area contributed by atoms with E-state index in [2.05, 4.69) is 5.32 Å². The molecule has 110 valence electrons. The molecule has 0 aromatic heterocycles. The number of phenolic OH excluding ortho intramolecular Hbond substituents is 1. The third kappa shape index (κ3) is 3.20. The van der Waals surface area contributed by atoms with E-state index in [-0.39, 0.29) is 5.75 Å². The maximum atomic E-state index is 9.76. The number of hydrogen-bond acceptors (Lipinski definition) is 3. The molecule has 3 nitrogen and oxygen atoms in total. The van der Waals surface area contributed by atoms with E-state index in [0.29, 0.717) is 5.69 Å². The van der Waals surface area contributed by atoms with E-state index in [1.807, 2.05) is 67.6 Å². The van der Waals surface area contributed by atoms with Crippen molar-refractivity contribution in [1.29, 1.82) is 0 Å². The minimum absolute atomic E-state index is 0.225. The van der Waals surface area contributed by atoms with E-state index >= 15 is 0 Å². The van der Waals surface area contributed by atoms with Gasteiger partial charge >= 0.3 is 0 Å². The van der Waals surface area contributed by atoms with E-state index in [0.717, 1.165) is 22.7 Å². The van der Waals surface area contributed by atoms with Crippen molar-refractivity contribution >= 4 is 11.4 Å². The summed E-state index contributed by atoms with van der Waals surface area (Å²) in [7, 11) is 0. The summed E-state index contributed by atoms with van der Waals surface area (Å²) in [4.78, 5) is 0. The monoisotopic (exact) mass is 291 g/mol. The van der Waals surface area contributed by atoms with Crippen LogP contribution in [0.5, 0.6) is 17.2 Å². The third-order valence-corrected chi connectivity index (χ3v) is 3.36. The quantitative estimate of drug-likeness (QED) is 0.646. The first kappa shape index (κ1) is 14.0. The molecule has 2 N–H and O–H groups in total. The van der Waals surface area contributed by atoms with Gasteiger partial charge in [-0.3, -0.25) is 0 Å². The molecule has 3 heteroatoms. The topological polar surface area (TPSA) is 41.5 Å². The van der Waals surface area contributed by atoms with Crippen LogP contribution in [-0.4, -0.2) is 5.11 Å². The summed E-state index contributed by atoms with van der Waals surface area (Å²) in [5.74, 6) is 1.85. The Kier molecular flexibility index (Phi) is 3.97. The Morgan fingerprint density at radius 3 is 2.23 bits per heavy atom. The molecule has 0 bridgehead atoms. The lowest BCUT2D eigenvalue weighted by Gasteiger charge is -2.11. The van der Waals surface area contributed by atoms with Crippen molar-refractivity contribution in [3.05, 3.63) is 78.4 Å². The average molecular weight is 291 g/mol. The Morgan fingerprint density at radius 1 is 0.818 bits per heavy atom. The van der Waals surface area contributed by atoms with Gasteiger partial charge in [-0.2, -0.15) is 0 Å². The van der Waals surface area contributed by atoms with Crippen molar-refractivity contribution < 1.29 is 9.84 Å². The highest BCUT2D eigenvalue weighted by atomic mass is 16.5. The van der Waals surface area contributed by atoms with Crippen LogP contribution in [0.3, 0.4) is 0 Å². The van der Waals surface area contributed by atoms with Crippen LogP contribution in [0.1, 0.15) is 5.56 Å².